The van der Waals surface area contributed by atoms with E-state index in [1.807, 2.05) is 0 Å². The van der Waals surface area contributed by atoms with E-state index in [2.05, 4.69) is 37.5 Å². The number of nitrogens with zero attached hydrogens (tertiary/aromatic N) is 2. The molecule has 102 valence electrons. The Morgan fingerprint density at radius 1 is 0.765 bits per heavy atom. The third kappa shape index (κ3) is 7.72. The second-order valence-corrected chi connectivity index (χ2v) is 6.44. The van der Waals surface area contributed by atoms with E-state index in [9.17, 15) is 0 Å². The standard InChI is InChI=1S/C10H20N2S4.ClH/c1-5-11(6-2)9(13)15-16-10(14)12(7-3)8-4;/h5-8H2,1-4H3;1H. The van der Waals surface area contributed by atoms with Crippen LogP contribution in [0.2, 0.25) is 0 Å². The van der Waals surface area contributed by atoms with Gasteiger partial charge in [-0.25, -0.2) is 0 Å². The molecule has 0 saturated carbocycles. The third-order valence-corrected chi connectivity index (χ3v) is 5.96. The number of hydrogen-bond donors (Lipinski definition) is 0. The molecule has 2 nitrogen and oxygen atoms in total. The summed E-state index contributed by atoms with van der Waals surface area (Å²) in [5, 5.41) is 0. The van der Waals surface area contributed by atoms with Crippen molar-refractivity contribution in [2.24, 2.45) is 0 Å². The van der Waals surface area contributed by atoms with Crippen LogP contribution < -0.4 is 0 Å². The average Bonchev–Trinajstić information content (AvgIpc) is 2.29. The van der Waals surface area contributed by atoms with Crippen molar-refractivity contribution >= 4 is 67.1 Å². The molecular weight excluding hydrogens is 312 g/mol. The molecule has 0 saturated heterocycles. The van der Waals surface area contributed by atoms with Gasteiger partial charge in [0.05, 0.1) is 0 Å². The highest BCUT2D eigenvalue weighted by Gasteiger charge is 2.11. The van der Waals surface area contributed by atoms with E-state index in [1.54, 1.807) is 21.6 Å². The lowest BCUT2D eigenvalue weighted by molar-refractivity contribution is 0.482. The van der Waals surface area contributed by atoms with Gasteiger partial charge in [0, 0.05) is 26.2 Å². The van der Waals surface area contributed by atoms with Crippen molar-refractivity contribution < 1.29 is 0 Å². The zero-order valence-electron chi connectivity index (χ0n) is 10.8. The van der Waals surface area contributed by atoms with Gasteiger partial charge in [-0.2, -0.15) is 0 Å². The van der Waals surface area contributed by atoms with Crippen LogP contribution in [0.25, 0.3) is 0 Å². The Labute approximate surface area is 130 Å². The molecule has 17 heavy (non-hydrogen) atoms. The lowest BCUT2D eigenvalue weighted by Crippen LogP contribution is -2.28. The molecule has 0 heterocycles. The fourth-order valence-electron chi connectivity index (χ4n) is 1.14. The summed E-state index contributed by atoms with van der Waals surface area (Å²) in [6.07, 6.45) is 0. The van der Waals surface area contributed by atoms with Crippen molar-refractivity contribution in [3.63, 3.8) is 0 Å². The second-order valence-electron chi connectivity index (χ2n) is 3.04. The Hall–Kier alpha value is 0.770. The van der Waals surface area contributed by atoms with Crippen LogP contribution in [0.3, 0.4) is 0 Å². The average molecular weight is 333 g/mol. The zero-order chi connectivity index (χ0) is 12.6. The molecule has 0 radical (unpaired) electrons. The summed E-state index contributed by atoms with van der Waals surface area (Å²) in [6.45, 7) is 12.3. The lowest BCUT2D eigenvalue weighted by Gasteiger charge is -2.23. The molecule has 0 aliphatic rings. The summed E-state index contributed by atoms with van der Waals surface area (Å²) in [6, 6.07) is 0. The van der Waals surface area contributed by atoms with Gasteiger partial charge >= 0.3 is 0 Å². The first kappa shape index (κ1) is 20.1. The van der Waals surface area contributed by atoms with Crippen LogP contribution >= 0.6 is 58.4 Å². The predicted molar refractivity (Wildman–Crippen MR) is 93.5 cm³/mol. The topological polar surface area (TPSA) is 6.48 Å². The van der Waals surface area contributed by atoms with Gasteiger partial charge in [0.1, 0.15) is 8.64 Å². The van der Waals surface area contributed by atoms with Crippen LogP contribution in [0.1, 0.15) is 27.7 Å². The van der Waals surface area contributed by atoms with E-state index in [1.165, 1.54) is 0 Å². The lowest BCUT2D eigenvalue weighted by atomic mass is 10.6. The van der Waals surface area contributed by atoms with Crippen LogP contribution in [-0.2, 0) is 0 Å². The van der Waals surface area contributed by atoms with Gasteiger partial charge in [-0.15, -0.1) is 12.4 Å². The number of halogens is 1. The molecule has 0 bridgehead atoms. The molecule has 0 spiro atoms. The van der Waals surface area contributed by atoms with Crippen LogP contribution in [-0.4, -0.2) is 44.6 Å². The quantitative estimate of drug-likeness (QED) is 0.562. The van der Waals surface area contributed by atoms with Crippen LogP contribution in [0.4, 0.5) is 0 Å². The summed E-state index contributed by atoms with van der Waals surface area (Å²) in [7, 11) is 3.18. The van der Waals surface area contributed by atoms with Gasteiger partial charge in [0.15, 0.2) is 0 Å². The minimum absolute atomic E-state index is 0. The van der Waals surface area contributed by atoms with E-state index >= 15 is 0 Å². The fourth-order valence-corrected chi connectivity index (χ4v) is 4.20. The van der Waals surface area contributed by atoms with E-state index in [-0.39, 0.29) is 12.4 Å². The molecule has 0 unspecified atom stereocenters. The first-order valence-corrected chi connectivity index (χ1v) is 8.49. The Morgan fingerprint density at radius 3 is 1.18 bits per heavy atom. The number of hydrogen-bond acceptors (Lipinski definition) is 4. The molecule has 0 aromatic carbocycles. The van der Waals surface area contributed by atoms with Crippen molar-refractivity contribution in [1.82, 2.24) is 9.80 Å². The van der Waals surface area contributed by atoms with Gasteiger partial charge in [0.25, 0.3) is 0 Å². The van der Waals surface area contributed by atoms with Crippen LogP contribution in [0.5, 0.6) is 0 Å². The molecule has 0 aliphatic heterocycles. The highest BCUT2D eigenvalue weighted by molar-refractivity contribution is 8.89. The maximum absolute atomic E-state index is 5.34. The van der Waals surface area contributed by atoms with Gasteiger partial charge in [0.2, 0.25) is 0 Å². The molecule has 7 heteroatoms. The summed E-state index contributed by atoms with van der Waals surface area (Å²) >= 11 is 10.7. The summed E-state index contributed by atoms with van der Waals surface area (Å²) in [5.74, 6) is 0. The molecule has 0 aliphatic carbocycles. The molecule has 0 atom stereocenters. The van der Waals surface area contributed by atoms with Gasteiger partial charge in [-0.1, -0.05) is 24.4 Å². The van der Waals surface area contributed by atoms with Crippen LogP contribution in [0.15, 0.2) is 0 Å². The maximum Gasteiger partial charge on any atom is 0.147 e. The Kier molecular flexibility index (Phi) is 14.0. The van der Waals surface area contributed by atoms with E-state index < -0.39 is 0 Å². The van der Waals surface area contributed by atoms with E-state index in [0.717, 1.165) is 34.8 Å². The summed E-state index contributed by atoms with van der Waals surface area (Å²) in [5.41, 5.74) is 0. The maximum atomic E-state index is 5.34. The van der Waals surface area contributed by atoms with Gasteiger partial charge in [-0.3, -0.25) is 0 Å². The second kappa shape index (κ2) is 11.8. The smallest absolute Gasteiger partial charge is 0.147 e. The largest absolute Gasteiger partial charge is 0.357 e. The molecular formula is C10H21ClN2S4. The zero-order valence-corrected chi connectivity index (χ0v) is 14.8. The predicted octanol–water partition coefficient (Wildman–Crippen LogP) is 4.04. The molecule has 0 amide bonds. The molecule has 0 fully saturated rings. The third-order valence-electron chi connectivity index (χ3n) is 2.23. The van der Waals surface area contributed by atoms with Crippen LogP contribution in [0, 0.1) is 0 Å². The van der Waals surface area contributed by atoms with Crippen molar-refractivity contribution in [3.05, 3.63) is 0 Å². The Morgan fingerprint density at radius 2 is 1.00 bits per heavy atom. The van der Waals surface area contributed by atoms with E-state index in [0.29, 0.717) is 0 Å². The molecule has 0 aromatic rings. The Bertz CT molecular complexity index is 206. The van der Waals surface area contributed by atoms with Gasteiger partial charge in [-0.05, 0) is 49.3 Å². The van der Waals surface area contributed by atoms with Gasteiger partial charge < -0.3 is 9.80 Å². The van der Waals surface area contributed by atoms with Crippen molar-refractivity contribution in [3.8, 4) is 0 Å². The first-order chi connectivity index (χ1) is 7.60. The van der Waals surface area contributed by atoms with Crippen molar-refractivity contribution in [2.45, 2.75) is 27.7 Å². The SMILES string of the molecule is CCN(CC)C(=S)SSC(=S)N(CC)CC.Cl. The monoisotopic (exact) mass is 332 g/mol. The highest BCUT2D eigenvalue weighted by atomic mass is 35.5. The molecule has 0 N–H and O–H groups in total. The highest BCUT2D eigenvalue weighted by Crippen LogP contribution is 2.28. The number of rotatable bonds is 4. The van der Waals surface area contributed by atoms with Crippen molar-refractivity contribution in [1.29, 1.82) is 0 Å². The van der Waals surface area contributed by atoms with E-state index in [4.69, 9.17) is 24.4 Å². The minimum Gasteiger partial charge on any atom is -0.357 e. The number of thiocarbonyl (C=S) groups is 2. The summed E-state index contributed by atoms with van der Waals surface area (Å²) < 4.78 is 1.84. The Balaban J connectivity index is 0. The molecule has 0 aromatic heterocycles. The van der Waals surface area contributed by atoms with Crippen molar-refractivity contribution in [2.75, 3.05) is 26.2 Å². The summed E-state index contributed by atoms with van der Waals surface area (Å²) in [4.78, 5) is 4.33. The fraction of sp³-hybridized carbons (Fsp3) is 0.800. The normalized spacial score (nSPS) is 9.41. The minimum atomic E-state index is 0. The first-order valence-electron chi connectivity index (χ1n) is 5.52. The molecule has 0 rings (SSSR count).